The van der Waals surface area contributed by atoms with Crippen LogP contribution in [0.5, 0.6) is 5.75 Å². The number of carbonyl (C=O) groups is 2. The van der Waals surface area contributed by atoms with Crippen molar-refractivity contribution < 1.29 is 19.4 Å². The van der Waals surface area contributed by atoms with E-state index in [-0.39, 0.29) is 0 Å². The zero-order valence-electron chi connectivity index (χ0n) is 9.36. The van der Waals surface area contributed by atoms with Crippen molar-refractivity contribution in [1.82, 2.24) is 5.32 Å². The van der Waals surface area contributed by atoms with Gasteiger partial charge in [-0.05, 0) is 25.1 Å². The minimum absolute atomic E-state index is 0.295. The van der Waals surface area contributed by atoms with E-state index in [1.165, 1.54) is 14.0 Å². The van der Waals surface area contributed by atoms with Gasteiger partial charge in [-0.15, -0.1) is 0 Å². The van der Waals surface area contributed by atoms with Gasteiger partial charge in [0.1, 0.15) is 11.8 Å². The zero-order chi connectivity index (χ0) is 13.0. The van der Waals surface area contributed by atoms with Crippen LogP contribution in [-0.4, -0.2) is 30.1 Å². The molecule has 1 aromatic carbocycles. The molecule has 17 heavy (non-hydrogen) atoms. The summed E-state index contributed by atoms with van der Waals surface area (Å²) in [6, 6.07) is 3.94. The molecule has 1 rings (SSSR count). The highest BCUT2D eigenvalue weighted by Crippen LogP contribution is 2.23. The van der Waals surface area contributed by atoms with Crippen molar-refractivity contribution in [3.8, 4) is 5.75 Å². The van der Waals surface area contributed by atoms with Gasteiger partial charge in [0.2, 0.25) is 0 Å². The third-order valence-electron chi connectivity index (χ3n) is 2.13. The molecule has 0 aliphatic carbocycles. The highest BCUT2D eigenvalue weighted by molar-refractivity contribution is 9.10. The number of methoxy groups -OCH3 is 1. The molecule has 0 spiro atoms. The van der Waals surface area contributed by atoms with E-state index in [4.69, 9.17) is 9.84 Å². The van der Waals surface area contributed by atoms with Crippen LogP contribution in [0, 0.1) is 0 Å². The van der Waals surface area contributed by atoms with E-state index >= 15 is 0 Å². The van der Waals surface area contributed by atoms with Crippen molar-refractivity contribution in [3.05, 3.63) is 28.2 Å². The molecule has 0 bridgehead atoms. The monoisotopic (exact) mass is 301 g/mol. The first-order valence-corrected chi connectivity index (χ1v) is 5.62. The van der Waals surface area contributed by atoms with Crippen LogP contribution < -0.4 is 10.1 Å². The van der Waals surface area contributed by atoms with Gasteiger partial charge in [-0.2, -0.15) is 0 Å². The van der Waals surface area contributed by atoms with Crippen molar-refractivity contribution in [2.45, 2.75) is 13.0 Å². The second-order valence-electron chi connectivity index (χ2n) is 3.38. The number of halogens is 1. The average molecular weight is 302 g/mol. The summed E-state index contributed by atoms with van der Waals surface area (Å²) in [6.45, 7) is 1.39. The van der Waals surface area contributed by atoms with E-state index in [2.05, 4.69) is 21.2 Å². The maximum Gasteiger partial charge on any atom is 0.325 e. The predicted molar refractivity (Wildman–Crippen MR) is 65.3 cm³/mol. The molecule has 1 aromatic rings. The van der Waals surface area contributed by atoms with Gasteiger partial charge in [0, 0.05) is 4.47 Å². The molecule has 0 saturated heterocycles. The van der Waals surface area contributed by atoms with Gasteiger partial charge in [-0.3, -0.25) is 9.59 Å². The van der Waals surface area contributed by atoms with E-state index in [1.54, 1.807) is 18.2 Å². The number of nitrogens with one attached hydrogen (secondary N) is 1. The third kappa shape index (κ3) is 3.45. The van der Waals surface area contributed by atoms with E-state index in [0.29, 0.717) is 11.3 Å². The highest BCUT2D eigenvalue weighted by Gasteiger charge is 2.18. The lowest BCUT2D eigenvalue weighted by atomic mass is 10.1. The Morgan fingerprint density at radius 3 is 2.65 bits per heavy atom. The molecule has 0 aliphatic heterocycles. The normalized spacial score (nSPS) is 11.7. The van der Waals surface area contributed by atoms with Gasteiger partial charge in [0.15, 0.2) is 0 Å². The second-order valence-corrected chi connectivity index (χ2v) is 4.29. The fraction of sp³-hybridized carbons (Fsp3) is 0.273. The number of ether oxygens (including phenoxy) is 1. The van der Waals surface area contributed by atoms with Crippen LogP contribution in [0.25, 0.3) is 0 Å². The standard InChI is InChI=1S/C11H12BrNO4/c1-6(11(15)16)13-10(14)8-4-3-7(12)5-9(8)17-2/h3-6H,1-2H3,(H,13,14)(H,15,16)/t6-/m0/s1. The summed E-state index contributed by atoms with van der Waals surface area (Å²) in [4.78, 5) is 22.4. The van der Waals surface area contributed by atoms with Gasteiger partial charge in [-0.25, -0.2) is 0 Å². The quantitative estimate of drug-likeness (QED) is 0.887. The summed E-state index contributed by atoms with van der Waals surface area (Å²) in [6.07, 6.45) is 0. The largest absolute Gasteiger partial charge is 0.496 e. The van der Waals surface area contributed by atoms with Crippen LogP contribution in [-0.2, 0) is 4.79 Å². The summed E-state index contributed by atoms with van der Waals surface area (Å²) >= 11 is 3.25. The topological polar surface area (TPSA) is 75.6 Å². The van der Waals surface area contributed by atoms with Crippen LogP contribution in [0.15, 0.2) is 22.7 Å². The van der Waals surface area contributed by atoms with Crippen molar-refractivity contribution in [2.75, 3.05) is 7.11 Å². The number of benzene rings is 1. The molecule has 6 heteroatoms. The molecular formula is C11H12BrNO4. The van der Waals surface area contributed by atoms with Gasteiger partial charge >= 0.3 is 5.97 Å². The van der Waals surface area contributed by atoms with Gasteiger partial charge < -0.3 is 15.2 Å². The molecule has 0 aromatic heterocycles. The summed E-state index contributed by atoms with van der Waals surface area (Å²) < 4.78 is 5.83. The molecule has 1 amide bonds. The van der Waals surface area contributed by atoms with Crippen LogP contribution in [0.2, 0.25) is 0 Å². The van der Waals surface area contributed by atoms with Crippen molar-refractivity contribution in [3.63, 3.8) is 0 Å². The maximum atomic E-state index is 11.8. The number of carbonyl (C=O) groups excluding carboxylic acids is 1. The molecule has 0 fully saturated rings. The lowest BCUT2D eigenvalue weighted by molar-refractivity contribution is -0.138. The number of hydrogen-bond donors (Lipinski definition) is 2. The third-order valence-corrected chi connectivity index (χ3v) is 2.62. The molecule has 5 nitrogen and oxygen atoms in total. The Labute approximate surface area is 107 Å². The smallest absolute Gasteiger partial charge is 0.325 e. The zero-order valence-corrected chi connectivity index (χ0v) is 10.9. The number of carboxylic acids is 1. The van der Waals surface area contributed by atoms with E-state index in [0.717, 1.165) is 4.47 Å². The number of hydrogen-bond acceptors (Lipinski definition) is 3. The first-order valence-electron chi connectivity index (χ1n) is 4.83. The van der Waals surface area contributed by atoms with Gasteiger partial charge in [-0.1, -0.05) is 15.9 Å². The fourth-order valence-corrected chi connectivity index (χ4v) is 1.53. The molecule has 0 heterocycles. The van der Waals surface area contributed by atoms with Crippen LogP contribution >= 0.6 is 15.9 Å². The number of carboxylic acid groups (broad SMARTS) is 1. The van der Waals surface area contributed by atoms with E-state index in [9.17, 15) is 9.59 Å². The van der Waals surface area contributed by atoms with Crippen LogP contribution in [0.3, 0.4) is 0 Å². The van der Waals surface area contributed by atoms with Crippen LogP contribution in [0.1, 0.15) is 17.3 Å². The second kappa shape index (κ2) is 5.67. The summed E-state index contributed by atoms with van der Waals surface area (Å²) in [5, 5.41) is 11.1. The average Bonchev–Trinajstić information content (AvgIpc) is 2.28. The van der Waals surface area contributed by atoms with E-state index in [1.807, 2.05) is 0 Å². The van der Waals surface area contributed by atoms with E-state index < -0.39 is 17.9 Å². The molecule has 0 saturated carbocycles. The first-order chi connectivity index (χ1) is 7.95. The molecule has 2 N–H and O–H groups in total. The fourth-order valence-electron chi connectivity index (χ4n) is 1.19. The lowest BCUT2D eigenvalue weighted by Crippen LogP contribution is -2.38. The first kappa shape index (κ1) is 13.5. The SMILES string of the molecule is COc1cc(Br)ccc1C(=O)N[C@@H](C)C(=O)O. The summed E-state index contributed by atoms with van der Waals surface area (Å²) in [5.74, 6) is -1.19. The van der Waals surface area contributed by atoms with Crippen molar-refractivity contribution >= 4 is 27.8 Å². The molecule has 0 aliphatic rings. The Balaban J connectivity index is 2.92. The van der Waals surface area contributed by atoms with Crippen LogP contribution in [0.4, 0.5) is 0 Å². The lowest BCUT2D eigenvalue weighted by Gasteiger charge is -2.12. The Morgan fingerprint density at radius 1 is 1.47 bits per heavy atom. The number of amides is 1. The predicted octanol–water partition coefficient (Wildman–Crippen LogP) is 1.66. The Morgan fingerprint density at radius 2 is 2.12 bits per heavy atom. The molecular weight excluding hydrogens is 290 g/mol. The molecule has 0 radical (unpaired) electrons. The molecule has 92 valence electrons. The highest BCUT2D eigenvalue weighted by atomic mass is 79.9. The molecule has 0 unspecified atom stereocenters. The number of rotatable bonds is 4. The Bertz CT molecular complexity index is 447. The van der Waals surface area contributed by atoms with Gasteiger partial charge in [0.25, 0.3) is 5.91 Å². The van der Waals surface area contributed by atoms with Gasteiger partial charge in [0.05, 0.1) is 12.7 Å². The van der Waals surface area contributed by atoms with Crippen molar-refractivity contribution in [2.24, 2.45) is 0 Å². The van der Waals surface area contributed by atoms with Crippen molar-refractivity contribution in [1.29, 1.82) is 0 Å². The minimum atomic E-state index is -1.09. The Kier molecular flexibility index (Phi) is 4.51. The summed E-state index contributed by atoms with van der Waals surface area (Å²) in [7, 11) is 1.44. The number of aliphatic carboxylic acids is 1. The summed E-state index contributed by atoms with van der Waals surface area (Å²) in [5.41, 5.74) is 0.295. The molecule has 1 atom stereocenters. The minimum Gasteiger partial charge on any atom is -0.496 e. The maximum absolute atomic E-state index is 11.8. The Hall–Kier alpha value is -1.56.